The summed E-state index contributed by atoms with van der Waals surface area (Å²) in [5.74, 6) is -0.311. The number of nitrogens with zero attached hydrogens (tertiary/aromatic N) is 1. The van der Waals surface area contributed by atoms with E-state index in [0.29, 0.717) is 5.56 Å². The van der Waals surface area contributed by atoms with E-state index in [1.165, 1.54) is 0 Å². The van der Waals surface area contributed by atoms with Gasteiger partial charge in [-0.1, -0.05) is 35.1 Å². The first-order valence-corrected chi connectivity index (χ1v) is 6.16. The number of oxime groups is 1. The molecule has 2 rings (SSSR count). The van der Waals surface area contributed by atoms with E-state index in [2.05, 4.69) is 5.16 Å². The summed E-state index contributed by atoms with van der Waals surface area (Å²) in [5.41, 5.74) is 0.505. The number of benzene rings is 2. The van der Waals surface area contributed by atoms with Crippen LogP contribution in [0.5, 0.6) is 0 Å². The van der Waals surface area contributed by atoms with Crippen LogP contribution in [0.4, 0.5) is 0 Å². The maximum atomic E-state index is 11.4. The number of ketones is 1. The first kappa shape index (κ1) is 12.4. The number of carbonyl (C=O) groups excluding carboxylic acids is 1. The number of hydrogen-bond donors (Lipinski definition) is 1. The van der Waals surface area contributed by atoms with Crippen LogP contribution in [0.3, 0.4) is 0 Å². The fourth-order valence-electron chi connectivity index (χ4n) is 1.44. The Morgan fingerprint density at radius 3 is 2.22 bits per heavy atom. The van der Waals surface area contributed by atoms with E-state index in [9.17, 15) is 4.79 Å². The molecule has 0 aliphatic carbocycles. The van der Waals surface area contributed by atoms with Crippen molar-refractivity contribution in [3.63, 3.8) is 0 Å². The lowest BCUT2D eigenvalue weighted by Crippen LogP contribution is -1.99. The van der Waals surface area contributed by atoms with Crippen molar-refractivity contribution >= 4 is 23.8 Å². The lowest BCUT2D eigenvalue weighted by atomic mass is 10.1. The summed E-state index contributed by atoms with van der Waals surface area (Å²) in [4.78, 5) is 13.6. The summed E-state index contributed by atoms with van der Waals surface area (Å²) in [6.45, 7) is 0. The molecule has 0 atom stereocenters. The second-order valence-electron chi connectivity index (χ2n) is 3.55. The Balaban J connectivity index is 2.11. The van der Waals surface area contributed by atoms with Crippen LogP contribution < -0.4 is 0 Å². The molecule has 0 spiro atoms. The largest absolute Gasteiger partial charge is 0.411 e. The van der Waals surface area contributed by atoms with Crippen LogP contribution in [0.2, 0.25) is 0 Å². The molecule has 0 radical (unpaired) electrons. The average Bonchev–Trinajstić information content (AvgIpc) is 2.41. The highest BCUT2D eigenvalue weighted by Crippen LogP contribution is 2.27. The third kappa shape index (κ3) is 3.21. The van der Waals surface area contributed by atoms with Gasteiger partial charge in [0.1, 0.15) is 6.21 Å². The molecule has 4 heteroatoms. The van der Waals surface area contributed by atoms with Gasteiger partial charge in [0.25, 0.3) is 0 Å². The summed E-state index contributed by atoms with van der Waals surface area (Å²) in [6, 6.07) is 17.2. The molecule has 0 aliphatic heterocycles. The standard InChI is InChI=1S/C14H11NO2S/c16-14(10-15-17)11-6-8-13(9-7-11)18-12-4-2-1-3-5-12/h1-10,17H/b15-10+. The molecule has 0 saturated carbocycles. The normalized spacial score (nSPS) is 10.7. The minimum Gasteiger partial charge on any atom is -0.411 e. The Morgan fingerprint density at radius 1 is 1.00 bits per heavy atom. The number of carbonyl (C=O) groups is 1. The van der Waals surface area contributed by atoms with Gasteiger partial charge >= 0.3 is 0 Å². The molecule has 0 heterocycles. The molecule has 1 N–H and O–H groups in total. The molecule has 0 bridgehead atoms. The van der Waals surface area contributed by atoms with Gasteiger partial charge in [0, 0.05) is 15.4 Å². The SMILES string of the molecule is O=C(/C=N/O)c1ccc(Sc2ccccc2)cc1. The molecule has 0 unspecified atom stereocenters. The Bertz CT molecular complexity index is 550. The topological polar surface area (TPSA) is 49.7 Å². The van der Waals surface area contributed by atoms with Gasteiger partial charge in [0.05, 0.1) is 0 Å². The summed E-state index contributed by atoms with van der Waals surface area (Å²) >= 11 is 1.63. The van der Waals surface area contributed by atoms with Gasteiger partial charge in [-0.15, -0.1) is 0 Å². The molecule has 0 fully saturated rings. The second-order valence-corrected chi connectivity index (χ2v) is 4.70. The smallest absolute Gasteiger partial charge is 0.207 e. The van der Waals surface area contributed by atoms with Crippen LogP contribution in [0.25, 0.3) is 0 Å². The minimum absolute atomic E-state index is 0.311. The van der Waals surface area contributed by atoms with Crippen LogP contribution in [-0.4, -0.2) is 17.2 Å². The van der Waals surface area contributed by atoms with Crippen LogP contribution >= 0.6 is 11.8 Å². The van der Waals surface area contributed by atoms with E-state index in [1.54, 1.807) is 23.9 Å². The van der Waals surface area contributed by atoms with Gasteiger partial charge in [-0.2, -0.15) is 0 Å². The Labute approximate surface area is 109 Å². The van der Waals surface area contributed by atoms with Crippen molar-refractivity contribution in [1.29, 1.82) is 0 Å². The van der Waals surface area contributed by atoms with Crippen molar-refractivity contribution in [2.24, 2.45) is 5.16 Å². The van der Waals surface area contributed by atoms with E-state index in [0.717, 1.165) is 16.0 Å². The van der Waals surface area contributed by atoms with Crippen LogP contribution in [0, 0.1) is 0 Å². The van der Waals surface area contributed by atoms with E-state index >= 15 is 0 Å². The molecule has 0 aliphatic rings. The Morgan fingerprint density at radius 2 is 1.61 bits per heavy atom. The summed E-state index contributed by atoms with van der Waals surface area (Å²) < 4.78 is 0. The number of rotatable bonds is 4. The van der Waals surface area contributed by atoms with Gasteiger partial charge in [0.15, 0.2) is 0 Å². The quantitative estimate of drug-likeness (QED) is 0.395. The third-order valence-corrected chi connectivity index (χ3v) is 3.31. The zero-order valence-corrected chi connectivity index (χ0v) is 10.3. The minimum atomic E-state index is -0.311. The number of Topliss-reactive ketones (excluding diaryl/α,β-unsaturated/α-hetero) is 1. The van der Waals surface area contributed by atoms with Crippen molar-refractivity contribution in [1.82, 2.24) is 0 Å². The van der Waals surface area contributed by atoms with Crippen molar-refractivity contribution in [2.45, 2.75) is 9.79 Å². The predicted octanol–water partition coefficient (Wildman–Crippen LogP) is 3.48. The molecule has 18 heavy (non-hydrogen) atoms. The Kier molecular flexibility index (Phi) is 4.15. The van der Waals surface area contributed by atoms with Gasteiger partial charge in [-0.3, -0.25) is 4.79 Å². The molecule has 90 valence electrons. The van der Waals surface area contributed by atoms with E-state index in [4.69, 9.17) is 5.21 Å². The molecule has 0 aromatic heterocycles. The molecule has 3 nitrogen and oxygen atoms in total. The zero-order chi connectivity index (χ0) is 12.8. The van der Waals surface area contributed by atoms with Crippen LogP contribution in [0.15, 0.2) is 69.5 Å². The highest BCUT2D eigenvalue weighted by atomic mass is 32.2. The van der Waals surface area contributed by atoms with Gasteiger partial charge in [-0.05, 0) is 36.4 Å². The number of hydrogen-bond acceptors (Lipinski definition) is 4. The van der Waals surface area contributed by atoms with E-state index in [-0.39, 0.29) is 5.78 Å². The van der Waals surface area contributed by atoms with Crippen molar-refractivity contribution in [3.8, 4) is 0 Å². The van der Waals surface area contributed by atoms with Crippen molar-refractivity contribution in [3.05, 3.63) is 60.2 Å². The maximum absolute atomic E-state index is 11.4. The highest BCUT2D eigenvalue weighted by molar-refractivity contribution is 7.99. The highest BCUT2D eigenvalue weighted by Gasteiger charge is 2.03. The second kappa shape index (κ2) is 6.02. The molecular formula is C14H11NO2S. The Hall–Kier alpha value is -2.07. The lowest BCUT2D eigenvalue weighted by Gasteiger charge is -2.02. The predicted molar refractivity (Wildman–Crippen MR) is 71.6 cm³/mol. The van der Waals surface area contributed by atoms with E-state index < -0.39 is 0 Å². The van der Waals surface area contributed by atoms with Crippen molar-refractivity contribution in [2.75, 3.05) is 0 Å². The third-order valence-electron chi connectivity index (χ3n) is 2.29. The van der Waals surface area contributed by atoms with Gasteiger partial charge in [0.2, 0.25) is 5.78 Å². The summed E-state index contributed by atoms with van der Waals surface area (Å²) in [7, 11) is 0. The molecule has 2 aromatic rings. The zero-order valence-electron chi connectivity index (χ0n) is 9.48. The first-order valence-electron chi connectivity index (χ1n) is 5.34. The van der Waals surface area contributed by atoms with Gasteiger partial charge in [-0.25, -0.2) is 0 Å². The molecule has 0 amide bonds. The fourth-order valence-corrected chi connectivity index (χ4v) is 2.28. The fraction of sp³-hybridized carbons (Fsp3) is 0. The lowest BCUT2D eigenvalue weighted by molar-refractivity contribution is 0.106. The van der Waals surface area contributed by atoms with E-state index in [1.807, 2.05) is 42.5 Å². The first-order chi connectivity index (χ1) is 8.79. The molecule has 0 saturated heterocycles. The molecule has 2 aromatic carbocycles. The maximum Gasteiger partial charge on any atom is 0.207 e. The monoisotopic (exact) mass is 257 g/mol. The van der Waals surface area contributed by atoms with Crippen molar-refractivity contribution < 1.29 is 10.0 Å². The summed E-state index contributed by atoms with van der Waals surface area (Å²) in [5, 5.41) is 11.0. The average molecular weight is 257 g/mol. The van der Waals surface area contributed by atoms with Crippen LogP contribution in [-0.2, 0) is 0 Å². The van der Waals surface area contributed by atoms with Crippen LogP contribution in [0.1, 0.15) is 10.4 Å². The summed E-state index contributed by atoms with van der Waals surface area (Å²) in [6.07, 6.45) is 0.888. The van der Waals surface area contributed by atoms with Gasteiger partial charge < -0.3 is 5.21 Å². The molecular weight excluding hydrogens is 246 g/mol.